The Morgan fingerprint density at radius 2 is 2.17 bits per heavy atom. The summed E-state index contributed by atoms with van der Waals surface area (Å²) in [6.07, 6.45) is 2.22. The van der Waals surface area contributed by atoms with Crippen molar-refractivity contribution in [2.45, 2.75) is 18.9 Å². The molecule has 0 radical (unpaired) electrons. The van der Waals surface area contributed by atoms with Crippen molar-refractivity contribution in [2.75, 3.05) is 0 Å². The third-order valence-electron chi connectivity index (χ3n) is 2.26. The number of hydrogen-bond acceptors (Lipinski definition) is 1. The highest BCUT2D eigenvalue weighted by Gasteiger charge is 2.19. The van der Waals surface area contributed by atoms with E-state index in [0.29, 0.717) is 0 Å². The molecule has 0 amide bonds. The van der Waals surface area contributed by atoms with E-state index in [1.54, 1.807) is 0 Å². The van der Waals surface area contributed by atoms with E-state index in [9.17, 15) is 0 Å². The Balaban J connectivity index is 0.000000720. The Morgan fingerprint density at radius 1 is 1.42 bits per heavy atom. The lowest BCUT2D eigenvalue weighted by Crippen LogP contribution is -2.04. The molecule has 0 saturated heterocycles. The first kappa shape index (κ1) is 10.0. The second-order valence-electron chi connectivity index (χ2n) is 2.95. The Kier molecular flexibility index (Phi) is 3.16. The van der Waals surface area contributed by atoms with Crippen molar-refractivity contribution in [3.05, 3.63) is 33.8 Å². The second-order valence-corrected chi connectivity index (χ2v) is 3.81. The normalized spacial score (nSPS) is 20.0. The largest absolute Gasteiger partial charge is 0.324 e. The lowest BCUT2D eigenvalue weighted by atomic mass is 10.1. The van der Waals surface area contributed by atoms with E-state index in [1.165, 1.54) is 15.6 Å². The highest BCUT2D eigenvalue weighted by Crippen LogP contribution is 2.33. The van der Waals surface area contributed by atoms with Gasteiger partial charge in [0.15, 0.2) is 0 Å². The van der Waals surface area contributed by atoms with Crippen LogP contribution >= 0.6 is 28.3 Å². The number of rotatable bonds is 0. The van der Waals surface area contributed by atoms with Gasteiger partial charge in [-0.1, -0.05) is 28.1 Å². The van der Waals surface area contributed by atoms with Gasteiger partial charge >= 0.3 is 0 Å². The van der Waals surface area contributed by atoms with Crippen molar-refractivity contribution in [3.63, 3.8) is 0 Å². The predicted octanol–water partition coefficient (Wildman–Crippen LogP) is 2.82. The molecule has 1 aliphatic carbocycles. The van der Waals surface area contributed by atoms with Gasteiger partial charge in [0, 0.05) is 10.5 Å². The van der Waals surface area contributed by atoms with Gasteiger partial charge in [0.1, 0.15) is 0 Å². The van der Waals surface area contributed by atoms with Crippen LogP contribution in [0.2, 0.25) is 0 Å². The van der Waals surface area contributed by atoms with Crippen LogP contribution in [0, 0.1) is 0 Å². The first-order valence-electron chi connectivity index (χ1n) is 3.82. The minimum Gasteiger partial charge on any atom is -0.324 e. The van der Waals surface area contributed by atoms with Crippen LogP contribution in [0.25, 0.3) is 0 Å². The standard InChI is InChI=1S/C9H10BrN.ClH/c10-8-3-1-2-7-6(8)4-5-9(7)11;/h1-3,9H,4-5,11H2;1H/t9-;/m1./s1. The molecule has 1 atom stereocenters. The van der Waals surface area contributed by atoms with Crippen LogP contribution in [0.3, 0.4) is 0 Å². The molecule has 0 unspecified atom stereocenters. The highest BCUT2D eigenvalue weighted by atomic mass is 79.9. The fraction of sp³-hybridized carbons (Fsp3) is 0.333. The molecule has 1 aromatic carbocycles. The molecule has 3 heteroatoms. The molecule has 0 fully saturated rings. The van der Waals surface area contributed by atoms with E-state index in [2.05, 4.69) is 28.1 Å². The molecule has 2 rings (SSSR count). The molecule has 12 heavy (non-hydrogen) atoms. The summed E-state index contributed by atoms with van der Waals surface area (Å²) in [7, 11) is 0. The van der Waals surface area contributed by atoms with Gasteiger partial charge in [-0.05, 0) is 30.0 Å². The van der Waals surface area contributed by atoms with Gasteiger partial charge < -0.3 is 5.73 Å². The van der Waals surface area contributed by atoms with Crippen LogP contribution in [0.15, 0.2) is 22.7 Å². The molecule has 66 valence electrons. The predicted molar refractivity (Wildman–Crippen MR) is 56.6 cm³/mol. The average molecular weight is 249 g/mol. The van der Waals surface area contributed by atoms with Crippen molar-refractivity contribution < 1.29 is 0 Å². The highest BCUT2D eigenvalue weighted by molar-refractivity contribution is 9.10. The van der Waals surface area contributed by atoms with Gasteiger partial charge in [0.25, 0.3) is 0 Å². The quantitative estimate of drug-likeness (QED) is 0.751. The van der Waals surface area contributed by atoms with Gasteiger partial charge in [-0.3, -0.25) is 0 Å². The van der Waals surface area contributed by atoms with E-state index in [1.807, 2.05) is 6.07 Å². The van der Waals surface area contributed by atoms with Gasteiger partial charge in [-0.15, -0.1) is 12.4 Å². The lowest BCUT2D eigenvalue weighted by molar-refractivity contribution is 0.713. The van der Waals surface area contributed by atoms with Gasteiger partial charge in [0.2, 0.25) is 0 Å². The fourth-order valence-corrected chi connectivity index (χ4v) is 2.22. The summed E-state index contributed by atoms with van der Waals surface area (Å²) >= 11 is 3.52. The van der Waals surface area contributed by atoms with Gasteiger partial charge in [-0.2, -0.15) is 0 Å². The van der Waals surface area contributed by atoms with Crippen LogP contribution in [-0.2, 0) is 6.42 Å². The van der Waals surface area contributed by atoms with Crippen LogP contribution in [-0.4, -0.2) is 0 Å². The van der Waals surface area contributed by atoms with Crippen LogP contribution in [0.4, 0.5) is 0 Å². The SMILES string of the molecule is Cl.N[C@@H]1CCc2c(Br)cccc21. The van der Waals surface area contributed by atoms with E-state index < -0.39 is 0 Å². The maximum absolute atomic E-state index is 5.89. The Hall–Kier alpha value is -0.0500. The van der Waals surface area contributed by atoms with Crippen molar-refractivity contribution in [1.82, 2.24) is 0 Å². The van der Waals surface area contributed by atoms with Crippen LogP contribution in [0.5, 0.6) is 0 Å². The van der Waals surface area contributed by atoms with Crippen LogP contribution < -0.4 is 5.73 Å². The van der Waals surface area contributed by atoms with Gasteiger partial charge in [0.05, 0.1) is 0 Å². The molecule has 0 aromatic heterocycles. The van der Waals surface area contributed by atoms with E-state index >= 15 is 0 Å². The maximum atomic E-state index is 5.89. The first-order valence-corrected chi connectivity index (χ1v) is 4.61. The summed E-state index contributed by atoms with van der Waals surface area (Å²) in [5.74, 6) is 0. The minimum absolute atomic E-state index is 0. The maximum Gasteiger partial charge on any atom is 0.0301 e. The minimum atomic E-state index is 0. The third kappa shape index (κ3) is 1.51. The molecule has 0 saturated carbocycles. The molecule has 2 N–H and O–H groups in total. The fourth-order valence-electron chi connectivity index (χ4n) is 1.64. The zero-order valence-electron chi connectivity index (χ0n) is 6.59. The summed E-state index contributed by atoms with van der Waals surface area (Å²) in [5.41, 5.74) is 8.62. The lowest BCUT2D eigenvalue weighted by Gasteiger charge is -2.04. The summed E-state index contributed by atoms with van der Waals surface area (Å²) in [6.45, 7) is 0. The summed E-state index contributed by atoms with van der Waals surface area (Å²) in [4.78, 5) is 0. The van der Waals surface area contributed by atoms with Crippen LogP contribution in [0.1, 0.15) is 23.6 Å². The molecule has 0 bridgehead atoms. The average Bonchev–Trinajstić information content (AvgIpc) is 2.35. The summed E-state index contributed by atoms with van der Waals surface area (Å²) < 4.78 is 1.21. The molecule has 0 heterocycles. The second kappa shape index (κ2) is 3.77. The number of benzene rings is 1. The van der Waals surface area contributed by atoms with Crippen molar-refractivity contribution >= 4 is 28.3 Å². The van der Waals surface area contributed by atoms with E-state index in [0.717, 1.165) is 12.8 Å². The van der Waals surface area contributed by atoms with E-state index in [-0.39, 0.29) is 18.4 Å². The number of nitrogens with two attached hydrogens (primary N) is 1. The van der Waals surface area contributed by atoms with Gasteiger partial charge in [-0.25, -0.2) is 0 Å². The van der Waals surface area contributed by atoms with Crippen molar-refractivity contribution in [2.24, 2.45) is 5.73 Å². The molecular formula is C9H11BrClN. The molecule has 1 aliphatic rings. The van der Waals surface area contributed by atoms with Crippen molar-refractivity contribution in [1.29, 1.82) is 0 Å². The number of hydrogen-bond donors (Lipinski definition) is 1. The summed E-state index contributed by atoms with van der Waals surface area (Å²) in [6, 6.07) is 6.52. The topological polar surface area (TPSA) is 26.0 Å². The zero-order valence-corrected chi connectivity index (χ0v) is 8.99. The monoisotopic (exact) mass is 247 g/mol. The Morgan fingerprint density at radius 3 is 2.83 bits per heavy atom. The van der Waals surface area contributed by atoms with E-state index in [4.69, 9.17) is 5.73 Å². The van der Waals surface area contributed by atoms with Crippen molar-refractivity contribution in [3.8, 4) is 0 Å². The third-order valence-corrected chi connectivity index (χ3v) is 3.00. The number of fused-ring (bicyclic) bond motifs is 1. The molecule has 0 spiro atoms. The first-order chi connectivity index (χ1) is 5.29. The molecule has 1 aromatic rings. The molecule has 0 aliphatic heterocycles. The Bertz CT molecular complexity index is 288. The smallest absolute Gasteiger partial charge is 0.0301 e. The molecule has 1 nitrogen and oxygen atoms in total. The zero-order chi connectivity index (χ0) is 7.84. The molecular weight excluding hydrogens is 237 g/mol. The number of halogens is 2. The Labute approximate surface area is 86.9 Å². The summed E-state index contributed by atoms with van der Waals surface area (Å²) in [5, 5.41) is 0.